The van der Waals surface area contributed by atoms with Crippen molar-refractivity contribution in [3.63, 3.8) is 0 Å². The quantitative estimate of drug-likeness (QED) is 0.604. The maximum atomic E-state index is 12.2. The topological polar surface area (TPSA) is 81.7 Å². The van der Waals surface area contributed by atoms with Crippen LogP contribution in [0.4, 0.5) is 5.00 Å². The predicted octanol–water partition coefficient (Wildman–Crippen LogP) is 3.37. The lowest BCUT2D eigenvalue weighted by atomic mass is 10.1. The number of rotatable bonds is 7. The average Bonchev–Trinajstić information content (AvgIpc) is 2.87. The smallest absolute Gasteiger partial charge is 0.341 e. The number of amides is 1. The van der Waals surface area contributed by atoms with Crippen molar-refractivity contribution in [2.45, 2.75) is 20.8 Å². The Labute approximate surface area is 149 Å². The average molecular weight is 361 g/mol. The number of anilines is 1. The fourth-order valence-corrected chi connectivity index (χ4v) is 3.24. The van der Waals surface area contributed by atoms with E-state index in [4.69, 9.17) is 9.47 Å². The summed E-state index contributed by atoms with van der Waals surface area (Å²) < 4.78 is 10.4. The molecule has 0 fully saturated rings. The molecule has 0 aliphatic rings. The molecule has 0 aliphatic heterocycles. The number of aldehydes is 1. The van der Waals surface area contributed by atoms with Crippen LogP contribution in [0.25, 0.3) is 0 Å². The van der Waals surface area contributed by atoms with Crippen LogP contribution in [0, 0.1) is 13.8 Å². The van der Waals surface area contributed by atoms with Gasteiger partial charge in [-0.05, 0) is 38.5 Å². The summed E-state index contributed by atoms with van der Waals surface area (Å²) in [6.07, 6.45) is 0.665. The number of carbonyl (C=O) groups is 3. The normalized spacial score (nSPS) is 10.2. The predicted molar refractivity (Wildman–Crippen MR) is 95.7 cm³/mol. The van der Waals surface area contributed by atoms with Crippen molar-refractivity contribution < 1.29 is 23.9 Å². The highest BCUT2D eigenvalue weighted by molar-refractivity contribution is 7.16. The number of nitrogens with one attached hydrogen (secondary N) is 1. The van der Waals surface area contributed by atoms with Crippen LogP contribution < -0.4 is 10.1 Å². The summed E-state index contributed by atoms with van der Waals surface area (Å²) in [5, 5.41) is 3.12. The molecular formula is C18H19NO5S. The zero-order chi connectivity index (χ0) is 18.4. The van der Waals surface area contributed by atoms with E-state index in [1.165, 1.54) is 11.3 Å². The lowest BCUT2D eigenvalue weighted by molar-refractivity contribution is -0.118. The van der Waals surface area contributed by atoms with E-state index in [1.807, 2.05) is 13.8 Å². The first kappa shape index (κ1) is 18.7. The van der Waals surface area contributed by atoms with Gasteiger partial charge in [-0.1, -0.05) is 12.1 Å². The molecule has 25 heavy (non-hydrogen) atoms. The van der Waals surface area contributed by atoms with Crippen LogP contribution in [0.2, 0.25) is 0 Å². The molecule has 0 saturated heterocycles. The molecule has 0 saturated carbocycles. The molecule has 0 radical (unpaired) electrons. The molecule has 1 heterocycles. The summed E-state index contributed by atoms with van der Waals surface area (Å²) in [5.74, 6) is -0.559. The highest BCUT2D eigenvalue weighted by Crippen LogP contribution is 2.33. The molecule has 0 aliphatic carbocycles. The molecule has 0 bridgehead atoms. The van der Waals surface area contributed by atoms with Crippen molar-refractivity contribution in [1.82, 2.24) is 0 Å². The van der Waals surface area contributed by atoms with Crippen molar-refractivity contribution in [2.75, 3.05) is 18.5 Å². The Kier molecular flexibility index (Phi) is 6.30. The molecule has 7 heteroatoms. The van der Waals surface area contributed by atoms with E-state index in [0.29, 0.717) is 28.2 Å². The Morgan fingerprint density at radius 3 is 2.64 bits per heavy atom. The molecular weight excluding hydrogens is 342 g/mol. The minimum absolute atomic E-state index is 0.256. The number of esters is 1. The highest BCUT2D eigenvalue weighted by Gasteiger charge is 2.22. The van der Waals surface area contributed by atoms with E-state index >= 15 is 0 Å². The van der Waals surface area contributed by atoms with Gasteiger partial charge in [0.05, 0.1) is 17.7 Å². The van der Waals surface area contributed by atoms with Crippen LogP contribution in [-0.2, 0) is 9.53 Å². The maximum Gasteiger partial charge on any atom is 0.341 e. The van der Waals surface area contributed by atoms with Crippen molar-refractivity contribution in [1.29, 1.82) is 0 Å². The molecule has 0 unspecified atom stereocenters. The van der Waals surface area contributed by atoms with Gasteiger partial charge in [0.1, 0.15) is 10.8 Å². The summed E-state index contributed by atoms with van der Waals surface area (Å²) in [6.45, 7) is 5.39. The molecule has 1 aromatic carbocycles. The Morgan fingerprint density at radius 1 is 1.24 bits per heavy atom. The van der Waals surface area contributed by atoms with E-state index < -0.39 is 11.9 Å². The number of hydrogen-bond donors (Lipinski definition) is 1. The second-order valence-corrected chi connectivity index (χ2v) is 6.43. The van der Waals surface area contributed by atoms with Crippen molar-refractivity contribution in [2.24, 2.45) is 0 Å². The Balaban J connectivity index is 2.09. The Bertz CT molecular complexity index is 797. The van der Waals surface area contributed by atoms with Crippen LogP contribution in [0.5, 0.6) is 5.75 Å². The zero-order valence-electron chi connectivity index (χ0n) is 14.3. The first-order valence-corrected chi connectivity index (χ1v) is 8.53. The van der Waals surface area contributed by atoms with Gasteiger partial charge in [-0.3, -0.25) is 9.59 Å². The van der Waals surface area contributed by atoms with Gasteiger partial charge in [0.25, 0.3) is 5.91 Å². The zero-order valence-corrected chi connectivity index (χ0v) is 15.1. The number of aryl methyl sites for hydroxylation is 1. The number of benzene rings is 1. The fourth-order valence-electron chi connectivity index (χ4n) is 2.18. The van der Waals surface area contributed by atoms with Gasteiger partial charge in [0, 0.05) is 4.88 Å². The molecule has 1 aromatic heterocycles. The third-order valence-corrected chi connectivity index (χ3v) is 4.65. The molecule has 2 aromatic rings. The summed E-state index contributed by atoms with van der Waals surface area (Å²) in [4.78, 5) is 36.2. The van der Waals surface area contributed by atoms with Crippen LogP contribution in [0.15, 0.2) is 24.3 Å². The summed E-state index contributed by atoms with van der Waals surface area (Å²) in [7, 11) is 0. The SMILES string of the molecule is CCOC(=O)c1c(NC(=O)COc2ccccc2C=O)sc(C)c1C. The largest absolute Gasteiger partial charge is 0.483 e. The van der Waals surface area contributed by atoms with Gasteiger partial charge in [0.2, 0.25) is 0 Å². The van der Waals surface area contributed by atoms with Crippen LogP contribution in [0.1, 0.15) is 38.1 Å². The van der Waals surface area contributed by atoms with Gasteiger partial charge < -0.3 is 14.8 Å². The van der Waals surface area contributed by atoms with Crippen molar-refractivity contribution in [3.8, 4) is 5.75 Å². The van der Waals surface area contributed by atoms with Crippen LogP contribution in [-0.4, -0.2) is 31.4 Å². The minimum atomic E-state index is -0.466. The Morgan fingerprint density at radius 2 is 1.96 bits per heavy atom. The molecule has 6 nitrogen and oxygen atoms in total. The van der Waals surface area contributed by atoms with E-state index in [1.54, 1.807) is 31.2 Å². The number of para-hydroxylation sites is 1. The molecule has 2 rings (SSSR count). The van der Waals surface area contributed by atoms with Gasteiger partial charge in [-0.2, -0.15) is 0 Å². The lowest BCUT2D eigenvalue weighted by Gasteiger charge is -2.09. The van der Waals surface area contributed by atoms with Gasteiger partial charge in [-0.15, -0.1) is 11.3 Å². The lowest BCUT2D eigenvalue weighted by Crippen LogP contribution is -2.21. The van der Waals surface area contributed by atoms with Crippen molar-refractivity contribution in [3.05, 3.63) is 45.8 Å². The van der Waals surface area contributed by atoms with Crippen LogP contribution in [0.3, 0.4) is 0 Å². The number of hydrogen-bond acceptors (Lipinski definition) is 6. The summed E-state index contributed by atoms with van der Waals surface area (Å²) in [5.41, 5.74) is 1.52. The maximum absolute atomic E-state index is 12.2. The fraction of sp³-hybridized carbons (Fsp3) is 0.278. The van der Waals surface area contributed by atoms with Gasteiger partial charge in [0.15, 0.2) is 12.9 Å². The summed E-state index contributed by atoms with van der Waals surface area (Å²) >= 11 is 1.31. The number of ether oxygens (including phenoxy) is 2. The van der Waals surface area contributed by atoms with E-state index in [2.05, 4.69) is 5.32 Å². The van der Waals surface area contributed by atoms with Crippen LogP contribution >= 0.6 is 11.3 Å². The van der Waals surface area contributed by atoms with Crippen molar-refractivity contribution >= 4 is 34.5 Å². The van der Waals surface area contributed by atoms with Gasteiger partial charge >= 0.3 is 5.97 Å². The second-order valence-electron chi connectivity index (χ2n) is 5.20. The van der Waals surface area contributed by atoms with E-state index in [-0.39, 0.29) is 13.2 Å². The first-order valence-electron chi connectivity index (χ1n) is 7.71. The minimum Gasteiger partial charge on any atom is -0.483 e. The third-order valence-electron chi connectivity index (χ3n) is 3.52. The van der Waals surface area contributed by atoms with E-state index in [0.717, 1.165) is 10.4 Å². The number of thiophene rings is 1. The molecule has 0 atom stereocenters. The highest BCUT2D eigenvalue weighted by atomic mass is 32.1. The second kappa shape index (κ2) is 8.43. The monoisotopic (exact) mass is 361 g/mol. The first-order chi connectivity index (χ1) is 12.0. The molecule has 1 amide bonds. The summed E-state index contributed by atoms with van der Waals surface area (Å²) in [6, 6.07) is 6.64. The number of carbonyl (C=O) groups excluding carboxylic acids is 3. The standard InChI is InChI=1S/C18H19NO5S/c1-4-23-18(22)16-11(2)12(3)25-17(16)19-15(21)10-24-14-8-6-5-7-13(14)9-20/h5-9H,4,10H2,1-3H3,(H,19,21). The Hall–Kier alpha value is -2.67. The molecule has 132 valence electrons. The third kappa shape index (κ3) is 4.45. The molecule has 1 N–H and O–H groups in total. The van der Waals surface area contributed by atoms with E-state index in [9.17, 15) is 14.4 Å². The molecule has 0 spiro atoms. The van der Waals surface area contributed by atoms with Gasteiger partial charge in [-0.25, -0.2) is 4.79 Å².